The summed E-state index contributed by atoms with van der Waals surface area (Å²) in [7, 11) is 0. The number of benzene rings is 2. The molecular weight excluding hydrogens is 354 g/mol. The molecule has 0 bridgehead atoms. The molecule has 0 spiro atoms. The quantitative estimate of drug-likeness (QED) is 0.636. The first-order chi connectivity index (χ1) is 13.2. The van der Waals surface area contributed by atoms with Crippen LogP contribution in [0.5, 0.6) is 0 Å². The average molecular weight is 378 g/mol. The van der Waals surface area contributed by atoms with Crippen molar-refractivity contribution >= 4 is 23.5 Å². The maximum Gasteiger partial charge on any atom is 0.229 e. The van der Waals surface area contributed by atoms with Gasteiger partial charge in [0.15, 0.2) is 0 Å². The van der Waals surface area contributed by atoms with Crippen molar-refractivity contribution in [1.82, 2.24) is 9.78 Å². The number of aromatic nitrogens is 2. The number of rotatable bonds is 6. The Bertz CT molecular complexity index is 932. The van der Waals surface area contributed by atoms with Crippen molar-refractivity contribution in [3.63, 3.8) is 0 Å². The van der Waals surface area contributed by atoms with Gasteiger partial charge in [-0.25, -0.2) is 4.68 Å². The van der Waals surface area contributed by atoms with Crippen molar-refractivity contribution in [2.24, 2.45) is 0 Å². The second-order valence-electron chi connectivity index (χ2n) is 6.68. The Hall–Kier alpha value is -2.53. The fourth-order valence-electron chi connectivity index (χ4n) is 3.51. The van der Waals surface area contributed by atoms with Crippen LogP contribution < -0.4 is 5.32 Å². The summed E-state index contributed by atoms with van der Waals surface area (Å²) in [6.07, 6.45) is 3.42. The summed E-state index contributed by atoms with van der Waals surface area (Å²) >= 11 is 1.81. The van der Waals surface area contributed by atoms with Gasteiger partial charge in [0.1, 0.15) is 5.82 Å². The third kappa shape index (κ3) is 3.93. The molecular formula is C22H23N3OS. The summed E-state index contributed by atoms with van der Waals surface area (Å²) in [5.41, 5.74) is 4.29. The predicted molar refractivity (Wildman–Crippen MR) is 111 cm³/mol. The third-order valence-electron chi connectivity index (χ3n) is 4.76. The van der Waals surface area contributed by atoms with Crippen LogP contribution in [0.25, 0.3) is 5.69 Å². The summed E-state index contributed by atoms with van der Waals surface area (Å²) in [6.45, 7) is 2.14. The fourth-order valence-corrected chi connectivity index (χ4v) is 4.17. The summed E-state index contributed by atoms with van der Waals surface area (Å²) < 4.78 is 1.88. The van der Waals surface area contributed by atoms with Gasteiger partial charge >= 0.3 is 0 Å². The SMILES string of the molecule is CCSc1ccc(CC(=O)Nc2c3c(nn2-c2ccccc2)CCC3)cc1. The Morgan fingerprint density at radius 1 is 1.11 bits per heavy atom. The van der Waals surface area contributed by atoms with Crippen LogP contribution >= 0.6 is 11.8 Å². The number of anilines is 1. The molecule has 2 aromatic carbocycles. The molecule has 0 radical (unpaired) electrons. The zero-order chi connectivity index (χ0) is 18.6. The van der Waals surface area contributed by atoms with Crippen molar-refractivity contribution in [1.29, 1.82) is 0 Å². The second kappa shape index (κ2) is 8.01. The monoisotopic (exact) mass is 377 g/mol. The Morgan fingerprint density at radius 2 is 1.89 bits per heavy atom. The van der Waals surface area contributed by atoms with Crippen molar-refractivity contribution in [2.75, 3.05) is 11.1 Å². The summed E-state index contributed by atoms with van der Waals surface area (Å²) in [4.78, 5) is 14.0. The maximum absolute atomic E-state index is 12.7. The first-order valence-corrected chi connectivity index (χ1v) is 10.4. The van der Waals surface area contributed by atoms with E-state index in [1.54, 1.807) is 0 Å². The lowest BCUT2D eigenvalue weighted by Crippen LogP contribution is -2.18. The van der Waals surface area contributed by atoms with Crippen LogP contribution in [0.1, 0.15) is 30.2 Å². The number of aryl methyl sites for hydroxylation is 1. The number of nitrogens with one attached hydrogen (secondary N) is 1. The molecule has 0 aliphatic heterocycles. The molecule has 0 saturated carbocycles. The standard InChI is InChI=1S/C22H23N3OS/c1-2-27-18-13-11-16(12-14-18)15-21(26)23-22-19-9-6-10-20(19)24-25(22)17-7-4-3-5-8-17/h3-5,7-8,11-14H,2,6,9-10,15H2,1H3,(H,23,26). The zero-order valence-corrected chi connectivity index (χ0v) is 16.3. The number of nitrogens with zero attached hydrogens (tertiary/aromatic N) is 2. The third-order valence-corrected chi connectivity index (χ3v) is 5.66. The van der Waals surface area contributed by atoms with Crippen molar-refractivity contribution < 1.29 is 4.79 Å². The highest BCUT2D eigenvalue weighted by Crippen LogP contribution is 2.31. The van der Waals surface area contributed by atoms with Crippen LogP contribution in [0.4, 0.5) is 5.82 Å². The van der Waals surface area contributed by atoms with Crippen molar-refractivity contribution in [3.8, 4) is 5.69 Å². The van der Waals surface area contributed by atoms with E-state index >= 15 is 0 Å². The molecule has 4 nitrogen and oxygen atoms in total. The lowest BCUT2D eigenvalue weighted by Gasteiger charge is -2.11. The van der Waals surface area contributed by atoms with Crippen LogP contribution in [-0.4, -0.2) is 21.4 Å². The van der Waals surface area contributed by atoms with Crippen LogP contribution in [0.15, 0.2) is 59.5 Å². The molecule has 27 heavy (non-hydrogen) atoms. The molecule has 0 unspecified atom stereocenters. The van der Waals surface area contributed by atoms with E-state index in [1.165, 1.54) is 10.5 Å². The highest BCUT2D eigenvalue weighted by Gasteiger charge is 2.24. The number of para-hydroxylation sites is 1. The highest BCUT2D eigenvalue weighted by molar-refractivity contribution is 7.99. The molecule has 0 atom stereocenters. The number of thioether (sulfide) groups is 1. The minimum Gasteiger partial charge on any atom is -0.310 e. The summed E-state index contributed by atoms with van der Waals surface area (Å²) in [5.74, 6) is 1.88. The summed E-state index contributed by atoms with van der Waals surface area (Å²) in [5, 5.41) is 7.89. The first kappa shape index (κ1) is 17.9. The Balaban J connectivity index is 1.54. The van der Waals surface area contributed by atoms with E-state index in [0.717, 1.165) is 47.8 Å². The Labute approximate surface area is 164 Å². The van der Waals surface area contributed by atoms with Gasteiger partial charge in [-0.05, 0) is 54.8 Å². The molecule has 138 valence electrons. The van der Waals surface area contributed by atoms with E-state index in [2.05, 4.69) is 24.4 Å². The molecule has 1 aliphatic carbocycles. The first-order valence-electron chi connectivity index (χ1n) is 9.42. The lowest BCUT2D eigenvalue weighted by atomic mass is 10.1. The molecule has 1 heterocycles. The molecule has 1 aliphatic rings. The topological polar surface area (TPSA) is 46.9 Å². The van der Waals surface area contributed by atoms with E-state index in [9.17, 15) is 4.79 Å². The van der Waals surface area contributed by atoms with Crippen molar-refractivity contribution in [3.05, 3.63) is 71.4 Å². The number of amides is 1. The minimum atomic E-state index is -0.00215. The van der Waals surface area contributed by atoms with Gasteiger partial charge in [-0.3, -0.25) is 4.79 Å². The average Bonchev–Trinajstić information content (AvgIpc) is 3.27. The highest BCUT2D eigenvalue weighted by atomic mass is 32.2. The molecule has 1 N–H and O–H groups in total. The lowest BCUT2D eigenvalue weighted by molar-refractivity contribution is -0.115. The Morgan fingerprint density at radius 3 is 2.63 bits per heavy atom. The van der Waals surface area contributed by atoms with Gasteiger partial charge in [0.25, 0.3) is 0 Å². The molecule has 0 saturated heterocycles. The van der Waals surface area contributed by atoms with Crippen LogP contribution in [0.2, 0.25) is 0 Å². The predicted octanol–water partition coefficient (Wildman–Crippen LogP) is 4.65. The summed E-state index contributed by atoms with van der Waals surface area (Å²) in [6, 6.07) is 18.2. The van der Waals surface area contributed by atoms with Gasteiger partial charge in [-0.1, -0.05) is 37.3 Å². The van der Waals surface area contributed by atoms with Gasteiger partial charge < -0.3 is 5.32 Å². The van der Waals surface area contributed by atoms with E-state index < -0.39 is 0 Å². The Kier molecular flexibility index (Phi) is 5.30. The van der Waals surface area contributed by atoms with Crippen LogP contribution in [0, 0.1) is 0 Å². The number of hydrogen-bond donors (Lipinski definition) is 1. The number of carbonyl (C=O) groups excluding carboxylic acids is 1. The van der Waals surface area contributed by atoms with E-state index in [4.69, 9.17) is 5.10 Å². The van der Waals surface area contributed by atoms with Gasteiger partial charge in [0.2, 0.25) is 5.91 Å². The van der Waals surface area contributed by atoms with Crippen LogP contribution in [-0.2, 0) is 24.1 Å². The fraction of sp³-hybridized carbons (Fsp3) is 0.273. The molecule has 5 heteroatoms. The normalized spacial score (nSPS) is 12.8. The molecule has 0 fully saturated rings. The van der Waals surface area contributed by atoms with Gasteiger partial charge in [0.05, 0.1) is 17.8 Å². The molecule has 3 aromatic rings. The van der Waals surface area contributed by atoms with E-state index in [-0.39, 0.29) is 5.91 Å². The molecule has 1 amide bonds. The van der Waals surface area contributed by atoms with Crippen molar-refractivity contribution in [2.45, 2.75) is 37.5 Å². The second-order valence-corrected chi connectivity index (χ2v) is 8.01. The van der Waals surface area contributed by atoms with E-state index in [1.807, 2.05) is 58.9 Å². The number of carbonyl (C=O) groups is 1. The minimum absolute atomic E-state index is 0.00215. The maximum atomic E-state index is 12.7. The number of fused-ring (bicyclic) bond motifs is 1. The number of hydrogen-bond acceptors (Lipinski definition) is 3. The molecule has 1 aromatic heterocycles. The van der Waals surface area contributed by atoms with Gasteiger partial charge in [-0.2, -0.15) is 5.10 Å². The largest absolute Gasteiger partial charge is 0.310 e. The molecule has 4 rings (SSSR count). The van der Waals surface area contributed by atoms with Gasteiger partial charge in [0, 0.05) is 10.5 Å². The zero-order valence-electron chi connectivity index (χ0n) is 15.4. The smallest absolute Gasteiger partial charge is 0.229 e. The van der Waals surface area contributed by atoms with Crippen LogP contribution in [0.3, 0.4) is 0 Å². The van der Waals surface area contributed by atoms with Gasteiger partial charge in [-0.15, -0.1) is 11.8 Å². The van der Waals surface area contributed by atoms with E-state index in [0.29, 0.717) is 6.42 Å².